The lowest BCUT2D eigenvalue weighted by Gasteiger charge is -2.15. The summed E-state index contributed by atoms with van der Waals surface area (Å²) in [6, 6.07) is 15.9. The molecule has 0 spiro atoms. The Hall–Kier alpha value is -2.67. The number of carbonyl (C=O) groups excluding carboxylic acids is 1. The lowest BCUT2D eigenvalue weighted by atomic mass is 10.1. The van der Waals surface area contributed by atoms with Gasteiger partial charge in [0.2, 0.25) is 11.1 Å². The van der Waals surface area contributed by atoms with Gasteiger partial charge in [-0.3, -0.25) is 4.79 Å². The van der Waals surface area contributed by atoms with Crippen LogP contribution >= 0.6 is 11.8 Å². The molecule has 1 N–H and O–H groups in total. The highest BCUT2D eigenvalue weighted by atomic mass is 32.2. The Labute approximate surface area is 163 Å². The summed E-state index contributed by atoms with van der Waals surface area (Å²) in [7, 11) is 0. The molecule has 6 nitrogen and oxygen atoms in total. The first kappa shape index (κ1) is 19.1. The molecule has 0 aliphatic carbocycles. The highest BCUT2D eigenvalue weighted by Crippen LogP contribution is 2.27. The monoisotopic (exact) mass is 381 g/mol. The van der Waals surface area contributed by atoms with Gasteiger partial charge in [0.25, 0.3) is 0 Å². The zero-order valence-corrected chi connectivity index (χ0v) is 16.5. The van der Waals surface area contributed by atoms with Crippen molar-refractivity contribution in [2.75, 3.05) is 0 Å². The summed E-state index contributed by atoms with van der Waals surface area (Å²) in [6.45, 7) is 6.61. The number of amides is 1. The molecular formula is C20H23N5OS. The molecule has 0 fully saturated rings. The first-order valence-corrected chi connectivity index (χ1v) is 9.81. The van der Waals surface area contributed by atoms with E-state index in [-0.39, 0.29) is 11.2 Å². The summed E-state index contributed by atoms with van der Waals surface area (Å²) in [5, 5.41) is 15.4. The van der Waals surface area contributed by atoms with Crippen LogP contribution in [-0.4, -0.2) is 31.4 Å². The zero-order valence-electron chi connectivity index (χ0n) is 15.7. The molecule has 27 heavy (non-hydrogen) atoms. The van der Waals surface area contributed by atoms with E-state index < -0.39 is 0 Å². The molecule has 3 rings (SSSR count). The van der Waals surface area contributed by atoms with E-state index in [4.69, 9.17) is 0 Å². The van der Waals surface area contributed by atoms with Gasteiger partial charge in [0.15, 0.2) is 0 Å². The van der Waals surface area contributed by atoms with Crippen molar-refractivity contribution < 1.29 is 4.79 Å². The minimum absolute atomic E-state index is 0.0122. The number of tetrazole rings is 1. The third-order valence-corrected chi connectivity index (χ3v) is 5.76. The van der Waals surface area contributed by atoms with Gasteiger partial charge in [-0.15, -0.1) is 5.10 Å². The molecule has 0 radical (unpaired) electrons. The van der Waals surface area contributed by atoms with Crippen LogP contribution in [0.3, 0.4) is 0 Å². The number of nitrogens with zero attached hydrogens (tertiary/aromatic N) is 4. The number of aromatic nitrogens is 4. The van der Waals surface area contributed by atoms with Crippen molar-refractivity contribution in [3.05, 3.63) is 65.2 Å². The van der Waals surface area contributed by atoms with Crippen molar-refractivity contribution in [1.82, 2.24) is 25.5 Å². The molecule has 1 aromatic heterocycles. The number of hydrogen-bond donors (Lipinski definition) is 1. The molecule has 7 heteroatoms. The molecule has 1 atom stereocenters. The smallest absolute Gasteiger partial charge is 0.233 e. The number of hydrogen-bond acceptors (Lipinski definition) is 5. The van der Waals surface area contributed by atoms with Gasteiger partial charge in [0.1, 0.15) is 0 Å². The maximum Gasteiger partial charge on any atom is 0.233 e. The number of carbonyl (C=O) groups is 1. The van der Waals surface area contributed by atoms with Gasteiger partial charge in [0, 0.05) is 6.54 Å². The van der Waals surface area contributed by atoms with E-state index in [0.717, 1.165) is 16.8 Å². The first-order valence-electron chi connectivity index (χ1n) is 8.93. The van der Waals surface area contributed by atoms with Crippen LogP contribution in [0.4, 0.5) is 0 Å². The van der Waals surface area contributed by atoms with Crippen molar-refractivity contribution in [2.24, 2.45) is 0 Å². The topological polar surface area (TPSA) is 72.7 Å². The van der Waals surface area contributed by atoms with Crippen molar-refractivity contribution >= 4 is 17.7 Å². The van der Waals surface area contributed by atoms with Gasteiger partial charge in [-0.1, -0.05) is 61.2 Å². The third kappa shape index (κ3) is 4.54. The van der Waals surface area contributed by atoms with E-state index in [1.165, 1.54) is 17.3 Å². The number of thioether (sulfide) groups is 1. The van der Waals surface area contributed by atoms with Crippen molar-refractivity contribution in [3.63, 3.8) is 0 Å². The van der Waals surface area contributed by atoms with Crippen LogP contribution in [0.15, 0.2) is 53.7 Å². The minimum Gasteiger partial charge on any atom is -0.351 e. The van der Waals surface area contributed by atoms with Gasteiger partial charge in [-0.25, -0.2) is 0 Å². The predicted octanol–water partition coefficient (Wildman–Crippen LogP) is 3.47. The Morgan fingerprint density at radius 3 is 2.67 bits per heavy atom. The zero-order chi connectivity index (χ0) is 19.2. The van der Waals surface area contributed by atoms with Crippen LogP contribution in [-0.2, 0) is 11.3 Å². The highest BCUT2D eigenvalue weighted by molar-refractivity contribution is 8.00. The average Bonchev–Trinajstić information content (AvgIpc) is 3.15. The van der Waals surface area contributed by atoms with E-state index in [2.05, 4.69) is 33.8 Å². The summed E-state index contributed by atoms with van der Waals surface area (Å²) in [4.78, 5) is 12.6. The molecule has 0 saturated carbocycles. The lowest BCUT2D eigenvalue weighted by molar-refractivity contribution is -0.120. The summed E-state index contributed by atoms with van der Waals surface area (Å²) < 4.78 is 1.71. The fourth-order valence-corrected chi connectivity index (χ4v) is 3.65. The largest absolute Gasteiger partial charge is 0.351 e. The van der Waals surface area contributed by atoms with Gasteiger partial charge < -0.3 is 5.32 Å². The maximum absolute atomic E-state index is 12.6. The van der Waals surface area contributed by atoms with E-state index in [1.54, 1.807) is 4.68 Å². The van der Waals surface area contributed by atoms with Gasteiger partial charge >= 0.3 is 0 Å². The Balaban J connectivity index is 1.73. The molecular weight excluding hydrogens is 358 g/mol. The Morgan fingerprint density at radius 2 is 1.93 bits per heavy atom. The van der Waals surface area contributed by atoms with E-state index in [0.29, 0.717) is 18.1 Å². The van der Waals surface area contributed by atoms with Gasteiger partial charge in [0.05, 0.1) is 10.9 Å². The van der Waals surface area contributed by atoms with E-state index in [9.17, 15) is 4.79 Å². The fourth-order valence-electron chi connectivity index (χ4n) is 2.72. The molecule has 1 unspecified atom stereocenters. The third-order valence-electron chi connectivity index (χ3n) is 4.47. The summed E-state index contributed by atoms with van der Waals surface area (Å²) in [6.07, 6.45) is 0.685. The van der Waals surface area contributed by atoms with E-state index in [1.807, 2.05) is 56.3 Å². The molecule has 0 aliphatic rings. The highest BCUT2D eigenvalue weighted by Gasteiger charge is 2.22. The number of benzene rings is 2. The second kappa shape index (κ2) is 8.81. The molecule has 140 valence electrons. The van der Waals surface area contributed by atoms with Crippen LogP contribution in [0.5, 0.6) is 0 Å². The Morgan fingerprint density at radius 1 is 1.15 bits per heavy atom. The number of aryl methyl sites for hydroxylation is 1. The molecule has 3 aromatic rings. The standard InChI is InChI=1S/C20H23N5OS/c1-4-18(19(26)21-13-16-10-6-5-7-11-16)27-20-22-23-24-25(20)17-12-8-9-14(2)15(17)3/h5-12,18H,4,13H2,1-3H3,(H,21,26). The SMILES string of the molecule is CCC(Sc1nnnn1-c1cccc(C)c1C)C(=O)NCc1ccccc1. The van der Waals surface area contributed by atoms with Crippen LogP contribution in [0.25, 0.3) is 5.69 Å². The van der Waals surface area contributed by atoms with Gasteiger partial charge in [-0.2, -0.15) is 4.68 Å². The van der Waals surface area contributed by atoms with Crippen molar-refractivity contribution in [1.29, 1.82) is 0 Å². The fraction of sp³-hybridized carbons (Fsp3) is 0.300. The second-order valence-corrected chi connectivity index (χ2v) is 7.48. The van der Waals surface area contributed by atoms with Crippen LogP contribution in [0.2, 0.25) is 0 Å². The minimum atomic E-state index is -0.261. The number of nitrogens with one attached hydrogen (secondary N) is 1. The van der Waals surface area contributed by atoms with Crippen LogP contribution in [0.1, 0.15) is 30.0 Å². The van der Waals surface area contributed by atoms with E-state index >= 15 is 0 Å². The summed E-state index contributed by atoms with van der Waals surface area (Å²) in [5.41, 5.74) is 4.30. The summed E-state index contributed by atoms with van der Waals surface area (Å²) >= 11 is 1.39. The lowest BCUT2D eigenvalue weighted by Crippen LogP contribution is -2.32. The molecule has 1 amide bonds. The number of rotatable bonds is 7. The average molecular weight is 382 g/mol. The predicted molar refractivity (Wildman–Crippen MR) is 107 cm³/mol. The van der Waals surface area contributed by atoms with Crippen molar-refractivity contribution in [3.8, 4) is 5.69 Å². The normalized spacial score (nSPS) is 12.0. The van der Waals surface area contributed by atoms with Gasteiger partial charge in [-0.05, 0) is 53.5 Å². The second-order valence-electron chi connectivity index (χ2n) is 6.31. The maximum atomic E-state index is 12.6. The van der Waals surface area contributed by atoms with Crippen LogP contribution in [0, 0.1) is 13.8 Å². The van der Waals surface area contributed by atoms with Crippen LogP contribution < -0.4 is 5.32 Å². The quantitative estimate of drug-likeness (QED) is 0.635. The molecule has 1 heterocycles. The molecule has 0 bridgehead atoms. The Bertz CT molecular complexity index is 910. The first-order chi connectivity index (χ1) is 13.1. The molecule has 0 aliphatic heterocycles. The Kier molecular flexibility index (Phi) is 6.24. The molecule has 2 aromatic carbocycles. The van der Waals surface area contributed by atoms with Crippen molar-refractivity contribution in [2.45, 2.75) is 44.1 Å². The molecule has 0 saturated heterocycles. The summed E-state index contributed by atoms with van der Waals surface area (Å²) in [5.74, 6) is -0.0122.